The van der Waals surface area contributed by atoms with Gasteiger partial charge in [-0.1, -0.05) is 24.3 Å². The van der Waals surface area contributed by atoms with E-state index >= 15 is 0 Å². The summed E-state index contributed by atoms with van der Waals surface area (Å²) >= 11 is 1.84. The Bertz CT molecular complexity index is 1160. The van der Waals surface area contributed by atoms with E-state index in [9.17, 15) is 4.79 Å². The lowest BCUT2D eigenvalue weighted by atomic mass is 10.0. The van der Waals surface area contributed by atoms with Crippen molar-refractivity contribution in [1.82, 2.24) is 16.0 Å². The molecule has 2 fully saturated rings. The Morgan fingerprint density at radius 3 is 2.77 bits per heavy atom. The molecule has 1 aromatic heterocycles. The molecule has 4 N–H and O–H groups in total. The zero-order chi connectivity index (χ0) is 24.2. The predicted octanol–water partition coefficient (Wildman–Crippen LogP) is 5.44. The third-order valence-corrected chi connectivity index (χ3v) is 8.18. The third-order valence-electron chi connectivity index (χ3n) is 7.05. The maximum absolute atomic E-state index is 13.2. The van der Waals surface area contributed by atoms with Crippen LogP contribution in [0.3, 0.4) is 0 Å². The van der Waals surface area contributed by atoms with Crippen LogP contribution in [-0.4, -0.2) is 31.1 Å². The van der Waals surface area contributed by atoms with Crippen molar-refractivity contribution < 1.29 is 4.79 Å². The molecule has 6 heteroatoms. The van der Waals surface area contributed by atoms with Gasteiger partial charge in [-0.05, 0) is 86.6 Å². The topological polar surface area (TPSA) is 65.2 Å². The second kappa shape index (κ2) is 10.9. The van der Waals surface area contributed by atoms with Crippen LogP contribution in [0.5, 0.6) is 0 Å². The highest BCUT2D eigenvalue weighted by atomic mass is 32.1. The highest BCUT2D eigenvalue weighted by Crippen LogP contribution is 2.30. The first-order valence-electron chi connectivity index (χ1n) is 12.7. The fourth-order valence-electron chi connectivity index (χ4n) is 4.72. The van der Waals surface area contributed by atoms with E-state index in [1.54, 1.807) is 0 Å². The molecule has 2 heterocycles. The highest BCUT2D eigenvalue weighted by Gasteiger charge is 2.19. The molecule has 3 aromatic rings. The molecule has 1 saturated carbocycles. The molecule has 1 aliphatic carbocycles. The van der Waals surface area contributed by atoms with Gasteiger partial charge in [0.15, 0.2) is 0 Å². The monoisotopic (exact) mass is 487 g/mol. The number of rotatable bonds is 9. The summed E-state index contributed by atoms with van der Waals surface area (Å²) in [7, 11) is 0. The Hall–Kier alpha value is -2.67. The van der Waals surface area contributed by atoms with Gasteiger partial charge in [-0.2, -0.15) is 0 Å². The molecular formula is C29H35N4OS. The average molecular weight is 488 g/mol. The number of anilines is 1. The second-order valence-corrected chi connectivity index (χ2v) is 11.0. The number of hydrogen-bond donors (Lipinski definition) is 4. The lowest BCUT2D eigenvalue weighted by Crippen LogP contribution is -2.51. The lowest BCUT2D eigenvalue weighted by Gasteiger charge is -2.29. The first-order valence-corrected chi connectivity index (χ1v) is 13.5. The van der Waals surface area contributed by atoms with Gasteiger partial charge >= 0.3 is 0 Å². The van der Waals surface area contributed by atoms with E-state index < -0.39 is 0 Å². The zero-order valence-electron chi connectivity index (χ0n) is 20.6. The number of thiophene rings is 1. The van der Waals surface area contributed by atoms with Gasteiger partial charge in [-0.15, -0.1) is 11.3 Å². The Morgan fingerprint density at radius 2 is 2.00 bits per heavy atom. The number of benzene rings is 2. The van der Waals surface area contributed by atoms with Crippen LogP contribution in [0.1, 0.15) is 58.6 Å². The standard InChI is InChI=1S/C29H35N4OS/c1-19-10-11-24(33-25-16-30-17-25)15-27(19)29(34)32-20(2)21-6-5-7-22(14-21)28-13-12-26(35-28)18-31-23-8-3-4-9-23/h3,5-7,10-15,20,23,25,30-31,33H,4,8-9,16-18H2,1-2H3,(H,32,34)/t20-,23+/m1/s1. The van der Waals surface area contributed by atoms with Gasteiger partial charge in [0, 0.05) is 46.7 Å². The van der Waals surface area contributed by atoms with Crippen LogP contribution in [0.4, 0.5) is 5.69 Å². The molecule has 2 atom stereocenters. The van der Waals surface area contributed by atoms with Crippen molar-refractivity contribution in [3.63, 3.8) is 0 Å². The molecule has 1 amide bonds. The minimum Gasteiger partial charge on any atom is -0.380 e. The summed E-state index contributed by atoms with van der Waals surface area (Å²) in [5.41, 5.74) is 5.01. The number of carbonyl (C=O) groups is 1. The van der Waals surface area contributed by atoms with E-state index in [1.807, 2.05) is 36.5 Å². The molecule has 0 spiro atoms. The van der Waals surface area contributed by atoms with E-state index in [4.69, 9.17) is 0 Å². The summed E-state index contributed by atoms with van der Waals surface area (Å²) in [5.74, 6) is -0.0376. The number of nitrogens with one attached hydrogen (secondary N) is 4. The van der Waals surface area contributed by atoms with Gasteiger partial charge in [-0.25, -0.2) is 0 Å². The molecule has 5 rings (SSSR count). The summed E-state index contributed by atoms with van der Waals surface area (Å²) in [4.78, 5) is 15.8. The summed E-state index contributed by atoms with van der Waals surface area (Å²) in [6.07, 6.45) is 6.05. The van der Waals surface area contributed by atoms with Gasteiger partial charge in [0.2, 0.25) is 0 Å². The van der Waals surface area contributed by atoms with Crippen molar-refractivity contribution >= 4 is 22.9 Å². The highest BCUT2D eigenvalue weighted by molar-refractivity contribution is 7.15. The molecule has 0 bridgehead atoms. The van der Waals surface area contributed by atoms with Crippen LogP contribution >= 0.6 is 11.3 Å². The quantitative estimate of drug-likeness (QED) is 0.324. The molecule has 2 aliphatic rings. The summed E-state index contributed by atoms with van der Waals surface area (Å²) < 4.78 is 0. The Balaban J connectivity index is 1.23. The number of carbonyl (C=O) groups excluding carboxylic acids is 1. The van der Waals surface area contributed by atoms with E-state index in [-0.39, 0.29) is 11.9 Å². The van der Waals surface area contributed by atoms with E-state index in [2.05, 4.69) is 71.0 Å². The largest absolute Gasteiger partial charge is 0.380 e. The van der Waals surface area contributed by atoms with Crippen LogP contribution in [0.25, 0.3) is 10.4 Å². The molecule has 2 aromatic carbocycles. The van der Waals surface area contributed by atoms with E-state index in [0.717, 1.165) is 42.0 Å². The molecular weight excluding hydrogens is 452 g/mol. The molecule has 183 valence electrons. The van der Waals surface area contributed by atoms with Crippen molar-refractivity contribution in [2.45, 2.75) is 57.8 Å². The first kappa shape index (κ1) is 24.0. The summed E-state index contributed by atoms with van der Waals surface area (Å²) in [6.45, 7) is 6.90. The van der Waals surface area contributed by atoms with Crippen LogP contribution in [-0.2, 0) is 6.54 Å². The summed E-state index contributed by atoms with van der Waals surface area (Å²) in [5, 5.41) is 13.6. The molecule has 35 heavy (non-hydrogen) atoms. The Labute approximate surface area is 212 Å². The Morgan fingerprint density at radius 1 is 1.11 bits per heavy atom. The molecule has 1 aliphatic heterocycles. The van der Waals surface area contributed by atoms with Crippen LogP contribution < -0.4 is 21.3 Å². The number of hydrogen-bond acceptors (Lipinski definition) is 5. The first-order chi connectivity index (χ1) is 17.0. The fraction of sp³-hybridized carbons (Fsp3) is 0.379. The van der Waals surface area contributed by atoms with Crippen molar-refractivity contribution in [3.8, 4) is 10.4 Å². The van der Waals surface area contributed by atoms with Gasteiger partial charge in [0.25, 0.3) is 5.91 Å². The average Bonchev–Trinajstić information content (AvgIpc) is 3.53. The SMILES string of the molecule is Cc1ccc(NC2CNC2)cc1C(=O)N[C@H](C)c1cccc(-c2ccc(CN[C@H]3C[CH]CC3)s2)c1. The van der Waals surface area contributed by atoms with Gasteiger partial charge in [0.1, 0.15) is 0 Å². The fourth-order valence-corrected chi connectivity index (χ4v) is 5.67. The van der Waals surface area contributed by atoms with Crippen LogP contribution in [0.2, 0.25) is 0 Å². The molecule has 5 nitrogen and oxygen atoms in total. The van der Waals surface area contributed by atoms with Gasteiger partial charge in [-0.3, -0.25) is 4.79 Å². The predicted molar refractivity (Wildman–Crippen MR) is 146 cm³/mol. The zero-order valence-corrected chi connectivity index (χ0v) is 21.4. The molecule has 1 saturated heterocycles. The Kier molecular flexibility index (Phi) is 7.51. The van der Waals surface area contributed by atoms with Gasteiger partial charge in [0.05, 0.1) is 12.1 Å². The second-order valence-electron chi connectivity index (χ2n) is 9.80. The summed E-state index contributed by atoms with van der Waals surface area (Å²) in [6, 6.07) is 20.0. The molecule has 1 radical (unpaired) electrons. The minimum atomic E-state index is -0.0889. The maximum Gasteiger partial charge on any atom is 0.252 e. The van der Waals surface area contributed by atoms with E-state index in [0.29, 0.717) is 12.1 Å². The number of aryl methyl sites for hydroxylation is 1. The number of amides is 1. The van der Waals surface area contributed by atoms with Crippen molar-refractivity contribution in [1.29, 1.82) is 0 Å². The van der Waals surface area contributed by atoms with Crippen molar-refractivity contribution in [2.75, 3.05) is 18.4 Å². The normalized spacial score (nSPS) is 17.2. The molecule has 0 unspecified atom stereocenters. The van der Waals surface area contributed by atoms with Crippen LogP contribution in [0.15, 0.2) is 54.6 Å². The van der Waals surface area contributed by atoms with E-state index in [1.165, 1.54) is 34.6 Å². The minimum absolute atomic E-state index is 0.0376. The van der Waals surface area contributed by atoms with Crippen molar-refractivity contribution in [2.24, 2.45) is 0 Å². The van der Waals surface area contributed by atoms with Gasteiger partial charge < -0.3 is 21.3 Å². The smallest absolute Gasteiger partial charge is 0.252 e. The maximum atomic E-state index is 13.2. The third kappa shape index (κ3) is 5.95. The van der Waals surface area contributed by atoms with Crippen LogP contribution in [0, 0.1) is 13.3 Å². The lowest BCUT2D eigenvalue weighted by molar-refractivity contribution is 0.0939. The van der Waals surface area contributed by atoms with Crippen molar-refractivity contribution in [3.05, 3.63) is 82.6 Å².